The third-order valence-corrected chi connectivity index (χ3v) is 5.64. The third-order valence-electron chi connectivity index (χ3n) is 5.39. The van der Waals surface area contributed by atoms with Gasteiger partial charge in [-0.2, -0.15) is 0 Å². The van der Waals surface area contributed by atoms with Gasteiger partial charge < -0.3 is 9.84 Å². The number of ketones is 1. The summed E-state index contributed by atoms with van der Waals surface area (Å²) in [6.07, 6.45) is 0. The minimum Gasteiger partial charge on any atom is -0.507 e. The Bertz CT molecular complexity index is 1300. The quantitative estimate of drug-likeness (QED) is 0.170. The van der Waals surface area contributed by atoms with Crippen molar-refractivity contribution in [3.05, 3.63) is 105 Å². The number of nitrogens with zero attached hydrogens (tertiary/aromatic N) is 2. The van der Waals surface area contributed by atoms with Crippen LogP contribution in [0.5, 0.6) is 5.75 Å². The largest absolute Gasteiger partial charge is 0.507 e. The highest BCUT2D eigenvalue weighted by Crippen LogP contribution is 2.43. The number of halogens is 1. The van der Waals surface area contributed by atoms with Gasteiger partial charge in [-0.15, -0.1) is 0 Å². The van der Waals surface area contributed by atoms with Crippen LogP contribution in [-0.2, 0) is 9.59 Å². The van der Waals surface area contributed by atoms with Crippen LogP contribution in [0, 0.1) is 10.1 Å². The van der Waals surface area contributed by atoms with Crippen molar-refractivity contribution in [2.45, 2.75) is 13.0 Å². The molecule has 0 bridgehead atoms. The second-order valence-corrected chi connectivity index (χ2v) is 7.89. The molecule has 0 aliphatic carbocycles. The van der Waals surface area contributed by atoms with E-state index < -0.39 is 28.4 Å². The second kappa shape index (κ2) is 9.36. The Balaban J connectivity index is 1.91. The summed E-state index contributed by atoms with van der Waals surface area (Å²) >= 11 is 6.00. The van der Waals surface area contributed by atoms with Crippen molar-refractivity contribution in [3.8, 4) is 5.75 Å². The summed E-state index contributed by atoms with van der Waals surface area (Å²) in [5.74, 6) is -1.59. The van der Waals surface area contributed by atoms with E-state index in [-0.39, 0.29) is 16.8 Å². The van der Waals surface area contributed by atoms with Crippen LogP contribution in [0.25, 0.3) is 5.76 Å². The van der Waals surface area contributed by atoms with E-state index in [1.165, 1.54) is 29.2 Å². The fraction of sp³-hybridized carbons (Fsp3) is 0.120. The summed E-state index contributed by atoms with van der Waals surface area (Å²) in [5.41, 5.74) is 0.830. The molecule has 3 aromatic carbocycles. The molecule has 1 heterocycles. The summed E-state index contributed by atoms with van der Waals surface area (Å²) in [5, 5.41) is 22.6. The number of Topliss-reactive ketones (excluding diaryl/α,β-unsaturated/α-hetero) is 1. The van der Waals surface area contributed by atoms with Gasteiger partial charge in [0.1, 0.15) is 11.5 Å². The number of amides is 1. The number of carbonyl (C=O) groups is 2. The summed E-state index contributed by atoms with van der Waals surface area (Å²) in [4.78, 5) is 38.0. The minimum atomic E-state index is -0.961. The molecule has 34 heavy (non-hydrogen) atoms. The van der Waals surface area contributed by atoms with Crippen molar-refractivity contribution in [2.75, 3.05) is 11.5 Å². The van der Waals surface area contributed by atoms with Crippen molar-refractivity contribution >= 4 is 40.4 Å². The number of hydrogen-bond donors (Lipinski definition) is 1. The molecule has 0 radical (unpaired) electrons. The Morgan fingerprint density at radius 3 is 2.38 bits per heavy atom. The zero-order chi connectivity index (χ0) is 24.4. The summed E-state index contributed by atoms with van der Waals surface area (Å²) in [7, 11) is 0. The molecule has 0 saturated carbocycles. The van der Waals surface area contributed by atoms with Gasteiger partial charge in [0.25, 0.3) is 17.4 Å². The molecule has 1 amide bonds. The van der Waals surface area contributed by atoms with Crippen LogP contribution in [0.4, 0.5) is 11.4 Å². The number of benzene rings is 3. The van der Waals surface area contributed by atoms with Gasteiger partial charge in [-0.05, 0) is 61.0 Å². The Morgan fingerprint density at radius 2 is 1.76 bits per heavy atom. The molecular formula is C25H19ClN2O6. The van der Waals surface area contributed by atoms with E-state index in [9.17, 15) is 24.8 Å². The minimum absolute atomic E-state index is 0.137. The smallest absolute Gasteiger partial charge is 0.300 e. The lowest BCUT2D eigenvalue weighted by Crippen LogP contribution is -2.29. The fourth-order valence-corrected chi connectivity index (χ4v) is 3.98. The molecule has 1 saturated heterocycles. The predicted octanol–water partition coefficient (Wildman–Crippen LogP) is 5.27. The van der Waals surface area contributed by atoms with Crippen LogP contribution in [-0.4, -0.2) is 28.3 Å². The van der Waals surface area contributed by atoms with E-state index in [1.807, 2.05) is 6.92 Å². The highest BCUT2D eigenvalue weighted by atomic mass is 35.5. The first-order valence-corrected chi connectivity index (χ1v) is 10.7. The number of ether oxygens (including phenoxy) is 1. The average Bonchev–Trinajstić information content (AvgIpc) is 3.10. The molecule has 1 N–H and O–H groups in total. The van der Waals surface area contributed by atoms with E-state index in [0.717, 1.165) is 0 Å². The second-order valence-electron chi connectivity index (χ2n) is 7.46. The van der Waals surface area contributed by atoms with Gasteiger partial charge in [0.05, 0.1) is 23.1 Å². The van der Waals surface area contributed by atoms with Crippen molar-refractivity contribution in [3.63, 3.8) is 0 Å². The lowest BCUT2D eigenvalue weighted by molar-refractivity contribution is -0.384. The van der Waals surface area contributed by atoms with E-state index >= 15 is 0 Å². The number of anilines is 1. The number of rotatable bonds is 6. The van der Waals surface area contributed by atoms with E-state index in [4.69, 9.17) is 16.3 Å². The first-order chi connectivity index (χ1) is 16.3. The van der Waals surface area contributed by atoms with Crippen LogP contribution in [0.15, 0.2) is 78.4 Å². The molecular weight excluding hydrogens is 460 g/mol. The Hall–Kier alpha value is -4.17. The molecule has 172 valence electrons. The summed E-state index contributed by atoms with van der Waals surface area (Å²) < 4.78 is 5.58. The summed E-state index contributed by atoms with van der Waals surface area (Å²) in [6.45, 7) is 2.25. The molecule has 1 atom stereocenters. The first-order valence-electron chi connectivity index (χ1n) is 10.4. The van der Waals surface area contributed by atoms with Gasteiger partial charge >= 0.3 is 0 Å². The maximum atomic E-state index is 13.2. The molecule has 0 spiro atoms. The Labute approximate surface area is 199 Å². The number of carbonyl (C=O) groups excluding carboxylic acids is 2. The van der Waals surface area contributed by atoms with E-state index in [2.05, 4.69) is 0 Å². The maximum absolute atomic E-state index is 13.2. The van der Waals surface area contributed by atoms with Crippen LogP contribution >= 0.6 is 11.6 Å². The topological polar surface area (TPSA) is 110 Å². The zero-order valence-electron chi connectivity index (χ0n) is 18.0. The molecule has 1 fully saturated rings. The van der Waals surface area contributed by atoms with Gasteiger partial charge in [0.15, 0.2) is 0 Å². The van der Waals surface area contributed by atoms with Crippen LogP contribution < -0.4 is 9.64 Å². The van der Waals surface area contributed by atoms with Crippen LogP contribution in [0.2, 0.25) is 5.02 Å². The van der Waals surface area contributed by atoms with Crippen molar-refractivity contribution in [2.24, 2.45) is 0 Å². The maximum Gasteiger partial charge on any atom is 0.300 e. The highest BCUT2D eigenvalue weighted by molar-refractivity contribution is 6.51. The molecule has 1 unspecified atom stereocenters. The highest BCUT2D eigenvalue weighted by Gasteiger charge is 2.47. The average molecular weight is 479 g/mol. The van der Waals surface area contributed by atoms with Gasteiger partial charge in [-0.3, -0.25) is 24.6 Å². The number of hydrogen-bond acceptors (Lipinski definition) is 6. The lowest BCUT2D eigenvalue weighted by atomic mass is 9.95. The summed E-state index contributed by atoms with van der Waals surface area (Å²) in [6, 6.07) is 17.5. The predicted molar refractivity (Wildman–Crippen MR) is 127 cm³/mol. The molecule has 3 aromatic rings. The van der Waals surface area contributed by atoms with Gasteiger partial charge in [-0.25, -0.2) is 0 Å². The van der Waals surface area contributed by atoms with Crippen LogP contribution in [0.3, 0.4) is 0 Å². The molecule has 1 aliphatic heterocycles. The molecule has 9 heteroatoms. The molecule has 8 nitrogen and oxygen atoms in total. The van der Waals surface area contributed by atoms with E-state index in [0.29, 0.717) is 28.6 Å². The zero-order valence-corrected chi connectivity index (χ0v) is 18.7. The Morgan fingerprint density at radius 1 is 1.09 bits per heavy atom. The van der Waals surface area contributed by atoms with Gasteiger partial charge in [-0.1, -0.05) is 23.7 Å². The normalized spacial score (nSPS) is 17.1. The van der Waals surface area contributed by atoms with Crippen molar-refractivity contribution < 1.29 is 24.4 Å². The monoisotopic (exact) mass is 478 g/mol. The van der Waals surface area contributed by atoms with Gasteiger partial charge in [0, 0.05) is 28.4 Å². The number of aliphatic hydroxyl groups excluding tert-OH is 1. The lowest BCUT2D eigenvalue weighted by Gasteiger charge is -2.25. The first kappa shape index (κ1) is 23.0. The molecule has 0 aromatic heterocycles. The van der Waals surface area contributed by atoms with Crippen molar-refractivity contribution in [1.29, 1.82) is 0 Å². The Kier molecular flexibility index (Phi) is 6.34. The van der Waals surface area contributed by atoms with Gasteiger partial charge in [0.2, 0.25) is 0 Å². The number of non-ortho nitro benzene ring substituents is 1. The third kappa shape index (κ3) is 4.23. The molecule has 4 rings (SSSR count). The number of nitro groups is 1. The molecule has 1 aliphatic rings. The standard InChI is InChI=1S/C25H19ClN2O6/c1-2-34-20-5-3-4-16(14-20)22-21(23(29)15-6-10-19(11-7-15)28(32)33)24(30)25(31)27(22)18-12-8-17(26)9-13-18/h3-14,22,29H,2H2,1H3/b23-21+. The number of nitro benzene ring substituents is 1. The SMILES string of the molecule is CCOc1cccc(C2/C(=C(\O)c3ccc([N+](=O)[O-])cc3)C(=O)C(=O)N2c2ccc(Cl)cc2)c1. The van der Waals surface area contributed by atoms with E-state index in [1.54, 1.807) is 48.5 Å². The van der Waals surface area contributed by atoms with Crippen LogP contribution in [0.1, 0.15) is 24.1 Å². The number of aliphatic hydroxyl groups is 1. The fourth-order valence-electron chi connectivity index (χ4n) is 3.85. The van der Waals surface area contributed by atoms with Crippen molar-refractivity contribution in [1.82, 2.24) is 0 Å².